The molecule has 0 aromatic carbocycles. The van der Waals surface area contributed by atoms with Crippen LogP contribution in [0.1, 0.15) is 50.0 Å². The standard InChI is InChI=1S/C16H22ClN3S/c1-10-13(17)18-15(16(3,4)5)19-14(10)20(6)11(2)12-8-7-9-21-12/h7-9,11H,1-6H3. The van der Waals surface area contributed by atoms with Crippen molar-refractivity contribution in [2.75, 3.05) is 11.9 Å². The van der Waals surface area contributed by atoms with Gasteiger partial charge in [-0.15, -0.1) is 11.3 Å². The Balaban J connectivity index is 2.45. The number of rotatable bonds is 3. The molecule has 5 heteroatoms. The first-order valence-electron chi connectivity index (χ1n) is 7.02. The molecule has 0 saturated heterocycles. The van der Waals surface area contributed by atoms with Gasteiger partial charge in [0.25, 0.3) is 0 Å². The first-order chi connectivity index (χ1) is 9.71. The molecule has 0 bridgehead atoms. The molecule has 0 radical (unpaired) electrons. The normalized spacial score (nSPS) is 13.3. The second-order valence-corrected chi connectivity index (χ2v) is 7.68. The maximum absolute atomic E-state index is 6.32. The van der Waals surface area contributed by atoms with E-state index in [4.69, 9.17) is 16.6 Å². The van der Waals surface area contributed by atoms with Gasteiger partial charge in [0.05, 0.1) is 6.04 Å². The molecule has 1 unspecified atom stereocenters. The molecule has 0 aliphatic rings. The molecule has 2 aromatic heterocycles. The van der Waals surface area contributed by atoms with Gasteiger partial charge >= 0.3 is 0 Å². The lowest BCUT2D eigenvalue weighted by molar-refractivity contribution is 0.542. The largest absolute Gasteiger partial charge is 0.352 e. The van der Waals surface area contributed by atoms with Crippen molar-refractivity contribution in [3.63, 3.8) is 0 Å². The first kappa shape index (κ1) is 16.2. The molecule has 2 heterocycles. The number of aromatic nitrogens is 2. The minimum absolute atomic E-state index is 0.126. The van der Waals surface area contributed by atoms with E-state index < -0.39 is 0 Å². The van der Waals surface area contributed by atoms with E-state index >= 15 is 0 Å². The summed E-state index contributed by atoms with van der Waals surface area (Å²) in [5, 5.41) is 2.63. The SMILES string of the molecule is Cc1c(Cl)nc(C(C)(C)C)nc1N(C)C(C)c1cccs1. The van der Waals surface area contributed by atoms with Crippen LogP contribution in [-0.2, 0) is 5.41 Å². The van der Waals surface area contributed by atoms with Crippen LogP contribution in [0.2, 0.25) is 5.15 Å². The zero-order chi connectivity index (χ0) is 15.8. The number of hydrogen-bond donors (Lipinski definition) is 0. The van der Waals surface area contributed by atoms with Crippen molar-refractivity contribution in [2.24, 2.45) is 0 Å². The van der Waals surface area contributed by atoms with E-state index in [1.165, 1.54) is 4.88 Å². The molecule has 2 aromatic rings. The topological polar surface area (TPSA) is 29.0 Å². The van der Waals surface area contributed by atoms with E-state index in [2.05, 4.69) is 62.1 Å². The van der Waals surface area contributed by atoms with Gasteiger partial charge in [0.15, 0.2) is 0 Å². The van der Waals surface area contributed by atoms with Crippen molar-refractivity contribution >= 4 is 28.8 Å². The maximum atomic E-state index is 6.32. The van der Waals surface area contributed by atoms with E-state index in [0.717, 1.165) is 17.2 Å². The average molecular weight is 324 g/mol. The van der Waals surface area contributed by atoms with Crippen LogP contribution < -0.4 is 4.90 Å². The number of nitrogens with zero attached hydrogens (tertiary/aromatic N) is 3. The summed E-state index contributed by atoms with van der Waals surface area (Å²) in [6.07, 6.45) is 0. The third-order valence-corrected chi connectivity index (χ3v) is 5.01. The van der Waals surface area contributed by atoms with E-state index in [1.54, 1.807) is 11.3 Å². The summed E-state index contributed by atoms with van der Waals surface area (Å²) in [5.41, 5.74) is 0.801. The van der Waals surface area contributed by atoms with E-state index in [9.17, 15) is 0 Å². The number of hydrogen-bond acceptors (Lipinski definition) is 4. The summed E-state index contributed by atoms with van der Waals surface area (Å²) in [4.78, 5) is 12.7. The van der Waals surface area contributed by atoms with Crippen molar-refractivity contribution in [2.45, 2.75) is 46.1 Å². The van der Waals surface area contributed by atoms with E-state index in [0.29, 0.717) is 5.15 Å². The molecule has 0 saturated carbocycles. The molecule has 3 nitrogen and oxygen atoms in total. The molecule has 1 atom stereocenters. The second kappa shape index (κ2) is 5.93. The third kappa shape index (κ3) is 3.38. The Morgan fingerprint density at radius 2 is 1.95 bits per heavy atom. The van der Waals surface area contributed by atoms with Gasteiger partial charge < -0.3 is 4.90 Å². The highest BCUT2D eigenvalue weighted by Gasteiger charge is 2.24. The molecule has 21 heavy (non-hydrogen) atoms. The molecule has 0 N–H and O–H groups in total. The molecule has 0 fully saturated rings. The fourth-order valence-corrected chi connectivity index (χ4v) is 3.05. The molecule has 0 spiro atoms. The molecule has 0 amide bonds. The Morgan fingerprint density at radius 1 is 1.29 bits per heavy atom. The Morgan fingerprint density at radius 3 is 2.48 bits per heavy atom. The lowest BCUT2D eigenvalue weighted by atomic mass is 9.95. The highest BCUT2D eigenvalue weighted by Crippen LogP contribution is 2.32. The van der Waals surface area contributed by atoms with Gasteiger partial charge in [-0.2, -0.15) is 0 Å². The van der Waals surface area contributed by atoms with E-state index in [1.807, 2.05) is 6.92 Å². The van der Waals surface area contributed by atoms with Gasteiger partial charge in [0, 0.05) is 22.9 Å². The summed E-state index contributed by atoms with van der Waals surface area (Å²) in [6.45, 7) is 10.4. The lowest BCUT2D eigenvalue weighted by Gasteiger charge is -2.28. The lowest BCUT2D eigenvalue weighted by Crippen LogP contribution is -2.26. The predicted molar refractivity (Wildman–Crippen MR) is 91.6 cm³/mol. The fraction of sp³-hybridized carbons (Fsp3) is 0.500. The highest BCUT2D eigenvalue weighted by atomic mass is 35.5. The van der Waals surface area contributed by atoms with Crippen LogP contribution >= 0.6 is 22.9 Å². The summed E-state index contributed by atoms with van der Waals surface area (Å²) >= 11 is 8.08. The first-order valence-corrected chi connectivity index (χ1v) is 8.28. The quantitative estimate of drug-likeness (QED) is 0.745. The van der Waals surface area contributed by atoms with Gasteiger partial charge in [0.1, 0.15) is 16.8 Å². The molecule has 2 rings (SSSR count). The van der Waals surface area contributed by atoms with Crippen molar-refractivity contribution in [1.29, 1.82) is 0 Å². The van der Waals surface area contributed by atoms with Crippen molar-refractivity contribution in [3.05, 3.63) is 38.9 Å². The molecule has 114 valence electrons. The van der Waals surface area contributed by atoms with Crippen LogP contribution in [0.4, 0.5) is 5.82 Å². The minimum Gasteiger partial charge on any atom is -0.352 e. The Bertz CT molecular complexity index is 617. The maximum Gasteiger partial charge on any atom is 0.137 e. The zero-order valence-corrected chi connectivity index (χ0v) is 15.0. The van der Waals surface area contributed by atoms with Crippen LogP contribution in [0.5, 0.6) is 0 Å². The Labute approximate surface area is 136 Å². The Hall–Kier alpha value is -1.13. The molecular weight excluding hydrogens is 302 g/mol. The molecule has 0 aliphatic heterocycles. The van der Waals surface area contributed by atoms with Crippen LogP contribution in [0.25, 0.3) is 0 Å². The number of anilines is 1. The van der Waals surface area contributed by atoms with Crippen LogP contribution in [0.15, 0.2) is 17.5 Å². The van der Waals surface area contributed by atoms with Gasteiger partial charge in [-0.1, -0.05) is 38.4 Å². The fourth-order valence-electron chi connectivity index (χ4n) is 2.06. The number of halogens is 1. The summed E-state index contributed by atoms with van der Waals surface area (Å²) in [6, 6.07) is 4.47. The van der Waals surface area contributed by atoms with E-state index in [-0.39, 0.29) is 11.5 Å². The van der Waals surface area contributed by atoms with Crippen molar-refractivity contribution < 1.29 is 0 Å². The third-order valence-electron chi connectivity index (χ3n) is 3.60. The molecule has 0 aliphatic carbocycles. The average Bonchev–Trinajstić information content (AvgIpc) is 2.92. The Kier molecular flexibility index (Phi) is 4.59. The highest BCUT2D eigenvalue weighted by molar-refractivity contribution is 7.10. The number of thiophene rings is 1. The summed E-state index contributed by atoms with van der Waals surface area (Å²) in [7, 11) is 2.06. The summed E-state index contributed by atoms with van der Waals surface area (Å²) in [5.74, 6) is 1.68. The predicted octanol–water partition coefficient (Wildman–Crippen LogP) is 4.99. The second-order valence-electron chi connectivity index (χ2n) is 6.34. The minimum atomic E-state index is -0.126. The summed E-state index contributed by atoms with van der Waals surface area (Å²) < 4.78 is 0. The van der Waals surface area contributed by atoms with Crippen LogP contribution in [0, 0.1) is 6.92 Å². The molecular formula is C16H22ClN3S. The smallest absolute Gasteiger partial charge is 0.137 e. The zero-order valence-electron chi connectivity index (χ0n) is 13.4. The van der Waals surface area contributed by atoms with Gasteiger partial charge in [-0.25, -0.2) is 9.97 Å². The van der Waals surface area contributed by atoms with Gasteiger partial charge in [-0.3, -0.25) is 0 Å². The van der Waals surface area contributed by atoms with Crippen molar-refractivity contribution in [3.8, 4) is 0 Å². The van der Waals surface area contributed by atoms with Gasteiger partial charge in [0.2, 0.25) is 0 Å². The van der Waals surface area contributed by atoms with Crippen molar-refractivity contribution in [1.82, 2.24) is 9.97 Å². The van der Waals surface area contributed by atoms with Gasteiger partial charge in [-0.05, 0) is 25.3 Å². The van der Waals surface area contributed by atoms with Crippen LogP contribution in [-0.4, -0.2) is 17.0 Å². The monoisotopic (exact) mass is 323 g/mol. The van der Waals surface area contributed by atoms with Crippen LogP contribution in [0.3, 0.4) is 0 Å².